The normalized spacial score (nSPS) is 15.7. The molecule has 0 heterocycles. The smallest absolute Gasteiger partial charge is 0.244 e. The van der Waals surface area contributed by atoms with Crippen LogP contribution >= 0.6 is 0 Å². The predicted molar refractivity (Wildman–Crippen MR) is 115 cm³/mol. The zero-order valence-electron chi connectivity index (χ0n) is 17.3. The molecule has 0 spiro atoms. The summed E-state index contributed by atoms with van der Waals surface area (Å²) in [5.41, 5.74) is 0.769. The number of ether oxygens (including phenoxy) is 1. The topological polar surface area (TPSA) is 102 Å². The van der Waals surface area contributed by atoms with Gasteiger partial charge in [-0.1, -0.05) is 31.4 Å². The number of sulfonamides is 2. The number of methoxy groups -OCH3 is 1. The second-order valence-electron chi connectivity index (χ2n) is 7.54. The Morgan fingerprint density at radius 1 is 0.968 bits per heavy atom. The third kappa shape index (κ3) is 6.25. The van der Waals surface area contributed by atoms with Crippen molar-refractivity contribution >= 4 is 20.0 Å². The van der Waals surface area contributed by atoms with Crippen molar-refractivity contribution in [3.8, 4) is 5.75 Å². The van der Waals surface area contributed by atoms with Gasteiger partial charge in [0.25, 0.3) is 0 Å². The maximum Gasteiger partial charge on any atom is 0.244 e. The van der Waals surface area contributed by atoms with Crippen LogP contribution in [-0.4, -0.2) is 36.5 Å². The molecule has 1 fully saturated rings. The van der Waals surface area contributed by atoms with Crippen LogP contribution in [0.3, 0.4) is 0 Å². The van der Waals surface area contributed by atoms with E-state index < -0.39 is 25.9 Å². The Morgan fingerprint density at radius 2 is 1.65 bits per heavy atom. The molecular weight excluding hydrogens is 443 g/mol. The Balaban J connectivity index is 1.60. The van der Waals surface area contributed by atoms with E-state index in [9.17, 15) is 21.2 Å². The summed E-state index contributed by atoms with van der Waals surface area (Å²) < 4.78 is 73.7. The lowest BCUT2D eigenvalue weighted by Gasteiger charge is -2.22. The molecule has 2 aromatic carbocycles. The van der Waals surface area contributed by atoms with Crippen LogP contribution in [0, 0.1) is 5.82 Å². The summed E-state index contributed by atoms with van der Waals surface area (Å²) in [6, 6.07) is 9.61. The highest BCUT2D eigenvalue weighted by atomic mass is 32.2. The summed E-state index contributed by atoms with van der Waals surface area (Å²) in [6.45, 7) is 0.0639. The molecule has 0 aliphatic heterocycles. The zero-order valence-corrected chi connectivity index (χ0v) is 18.9. The summed E-state index contributed by atoms with van der Waals surface area (Å²) in [6.07, 6.45) is 5.25. The summed E-state index contributed by atoms with van der Waals surface area (Å²) >= 11 is 0. The Bertz CT molecular complexity index is 1100. The van der Waals surface area contributed by atoms with Crippen LogP contribution in [0.5, 0.6) is 5.75 Å². The monoisotopic (exact) mass is 470 g/mol. The third-order valence-electron chi connectivity index (χ3n) is 5.28. The van der Waals surface area contributed by atoms with Crippen LogP contribution in [0.15, 0.2) is 52.3 Å². The Kier molecular flexibility index (Phi) is 7.68. The number of hydrogen-bond acceptors (Lipinski definition) is 5. The highest BCUT2D eigenvalue weighted by Crippen LogP contribution is 2.24. The maximum absolute atomic E-state index is 13.5. The summed E-state index contributed by atoms with van der Waals surface area (Å²) in [4.78, 5) is -0.0860. The number of benzene rings is 2. The van der Waals surface area contributed by atoms with Gasteiger partial charge in [0, 0.05) is 12.6 Å². The van der Waals surface area contributed by atoms with Gasteiger partial charge in [-0.3, -0.25) is 0 Å². The molecule has 0 amide bonds. The van der Waals surface area contributed by atoms with Crippen molar-refractivity contribution in [1.82, 2.24) is 9.44 Å². The van der Waals surface area contributed by atoms with Crippen molar-refractivity contribution in [1.29, 1.82) is 0 Å². The molecule has 7 nitrogen and oxygen atoms in total. The largest absolute Gasteiger partial charge is 0.495 e. The van der Waals surface area contributed by atoms with E-state index in [-0.39, 0.29) is 28.1 Å². The lowest BCUT2D eigenvalue weighted by atomic mass is 9.96. The highest BCUT2D eigenvalue weighted by molar-refractivity contribution is 7.89. The van der Waals surface area contributed by atoms with Gasteiger partial charge in [0.2, 0.25) is 20.0 Å². The SMILES string of the molecule is COc1ccc(F)cc1S(=O)(=O)NCCc1ccc(S(=O)(=O)NC2CCCCC2)cc1. The fraction of sp³-hybridized carbons (Fsp3) is 0.429. The Labute approximate surface area is 183 Å². The van der Waals surface area contributed by atoms with Crippen molar-refractivity contribution in [2.75, 3.05) is 13.7 Å². The van der Waals surface area contributed by atoms with E-state index >= 15 is 0 Å². The molecule has 0 radical (unpaired) electrons. The molecule has 0 unspecified atom stereocenters. The van der Waals surface area contributed by atoms with Crippen molar-refractivity contribution in [3.05, 3.63) is 53.8 Å². The zero-order chi connectivity index (χ0) is 22.5. The average Bonchev–Trinajstić information content (AvgIpc) is 2.74. The molecule has 1 saturated carbocycles. The molecule has 170 valence electrons. The van der Waals surface area contributed by atoms with E-state index in [1.54, 1.807) is 12.1 Å². The van der Waals surface area contributed by atoms with Crippen molar-refractivity contribution in [2.45, 2.75) is 54.4 Å². The molecule has 3 rings (SSSR count). The van der Waals surface area contributed by atoms with Crippen molar-refractivity contribution in [2.24, 2.45) is 0 Å². The van der Waals surface area contributed by atoms with Gasteiger partial charge in [-0.05, 0) is 55.2 Å². The van der Waals surface area contributed by atoms with E-state index in [4.69, 9.17) is 4.74 Å². The van der Waals surface area contributed by atoms with Gasteiger partial charge in [-0.2, -0.15) is 0 Å². The second kappa shape index (κ2) is 10.1. The lowest BCUT2D eigenvalue weighted by molar-refractivity contribution is 0.400. The standard InChI is InChI=1S/C21H27FN2O5S2/c1-29-20-12-9-17(22)15-21(20)31(27,28)23-14-13-16-7-10-19(11-8-16)30(25,26)24-18-5-3-2-4-6-18/h7-12,15,18,23-24H,2-6,13-14H2,1H3. The van der Waals surface area contributed by atoms with Gasteiger partial charge in [0.05, 0.1) is 12.0 Å². The van der Waals surface area contributed by atoms with Crippen LogP contribution in [0.25, 0.3) is 0 Å². The van der Waals surface area contributed by atoms with Crippen LogP contribution in [-0.2, 0) is 26.5 Å². The van der Waals surface area contributed by atoms with E-state index in [0.717, 1.165) is 49.8 Å². The molecule has 1 aliphatic rings. The quantitative estimate of drug-likeness (QED) is 0.587. The minimum atomic E-state index is -3.96. The Morgan fingerprint density at radius 3 is 2.29 bits per heavy atom. The van der Waals surface area contributed by atoms with Gasteiger partial charge in [-0.15, -0.1) is 0 Å². The highest BCUT2D eigenvalue weighted by Gasteiger charge is 2.22. The van der Waals surface area contributed by atoms with Crippen molar-refractivity contribution < 1.29 is 26.0 Å². The summed E-state index contributed by atoms with van der Waals surface area (Å²) in [5.74, 6) is -0.631. The van der Waals surface area contributed by atoms with E-state index in [1.165, 1.54) is 25.3 Å². The number of rotatable bonds is 9. The molecular formula is C21H27FN2O5S2. The van der Waals surface area contributed by atoms with Gasteiger partial charge in [-0.25, -0.2) is 30.7 Å². The third-order valence-corrected chi connectivity index (χ3v) is 8.30. The maximum atomic E-state index is 13.5. The van der Waals surface area contributed by atoms with E-state index in [2.05, 4.69) is 9.44 Å². The second-order valence-corrected chi connectivity index (χ2v) is 11.0. The minimum Gasteiger partial charge on any atom is -0.495 e. The molecule has 1 aliphatic carbocycles. The van der Waals surface area contributed by atoms with Crippen LogP contribution < -0.4 is 14.2 Å². The first-order valence-corrected chi connectivity index (χ1v) is 13.1. The van der Waals surface area contributed by atoms with Gasteiger partial charge in [0.15, 0.2) is 0 Å². The molecule has 2 N–H and O–H groups in total. The molecule has 31 heavy (non-hydrogen) atoms. The lowest BCUT2D eigenvalue weighted by Crippen LogP contribution is -2.36. The van der Waals surface area contributed by atoms with E-state index in [0.29, 0.717) is 6.42 Å². The molecule has 0 saturated heterocycles. The van der Waals surface area contributed by atoms with Gasteiger partial charge in [0.1, 0.15) is 16.5 Å². The van der Waals surface area contributed by atoms with Gasteiger partial charge < -0.3 is 4.74 Å². The summed E-state index contributed by atoms with van der Waals surface area (Å²) in [7, 11) is -6.23. The number of hydrogen-bond donors (Lipinski definition) is 2. The molecule has 0 bridgehead atoms. The summed E-state index contributed by atoms with van der Waals surface area (Å²) in [5, 5.41) is 0. The van der Waals surface area contributed by atoms with Crippen LogP contribution in [0.2, 0.25) is 0 Å². The average molecular weight is 471 g/mol. The fourth-order valence-corrected chi connectivity index (χ4v) is 6.13. The van der Waals surface area contributed by atoms with Crippen LogP contribution in [0.1, 0.15) is 37.7 Å². The predicted octanol–water partition coefficient (Wildman–Crippen LogP) is 2.97. The van der Waals surface area contributed by atoms with Gasteiger partial charge >= 0.3 is 0 Å². The molecule has 0 atom stereocenters. The van der Waals surface area contributed by atoms with Crippen molar-refractivity contribution in [3.63, 3.8) is 0 Å². The molecule has 0 aromatic heterocycles. The fourth-order valence-electron chi connectivity index (χ4n) is 3.61. The van der Waals surface area contributed by atoms with Crippen LogP contribution in [0.4, 0.5) is 4.39 Å². The Hall–Kier alpha value is -2.01. The first-order valence-electron chi connectivity index (χ1n) is 10.2. The number of nitrogens with one attached hydrogen (secondary N) is 2. The minimum absolute atomic E-state index is 0.0207. The molecule has 2 aromatic rings. The van der Waals surface area contributed by atoms with E-state index in [1.807, 2.05) is 0 Å². The first kappa shape index (κ1) is 23.6. The number of halogens is 1. The molecule has 10 heteroatoms. The first-order chi connectivity index (χ1) is 14.7.